The lowest BCUT2D eigenvalue weighted by molar-refractivity contribution is 0.326. The zero-order valence-electron chi connectivity index (χ0n) is 15.3. The van der Waals surface area contributed by atoms with Crippen LogP contribution < -0.4 is 10.1 Å². The van der Waals surface area contributed by atoms with Crippen LogP contribution in [0.5, 0.6) is 5.75 Å². The van der Waals surface area contributed by atoms with Gasteiger partial charge in [0.1, 0.15) is 12.4 Å². The number of hydrogen-bond donors (Lipinski definition) is 1. The third-order valence-electron chi connectivity index (χ3n) is 4.27. The summed E-state index contributed by atoms with van der Waals surface area (Å²) in [5.41, 5.74) is 1.31. The van der Waals surface area contributed by atoms with Gasteiger partial charge in [0, 0.05) is 45.0 Å². The summed E-state index contributed by atoms with van der Waals surface area (Å²) in [6, 6.07) is 3.77. The summed E-state index contributed by atoms with van der Waals surface area (Å²) >= 11 is 0. The summed E-state index contributed by atoms with van der Waals surface area (Å²) in [4.78, 5) is 11.1. The fraction of sp³-hybridized carbons (Fsp3) is 0.500. The number of aromatic nitrogens is 3. The third-order valence-corrected chi connectivity index (χ3v) is 4.27. The second kappa shape index (κ2) is 10.3. The van der Waals surface area contributed by atoms with Gasteiger partial charge >= 0.3 is 0 Å². The summed E-state index contributed by atoms with van der Waals surface area (Å²) in [7, 11) is 1.96. The zero-order chi connectivity index (χ0) is 17.5. The summed E-state index contributed by atoms with van der Waals surface area (Å²) in [6.07, 6.45) is 8.66. The number of ether oxygens (including phenoxy) is 1. The van der Waals surface area contributed by atoms with E-state index in [2.05, 4.69) is 33.4 Å². The van der Waals surface area contributed by atoms with Gasteiger partial charge in [0.05, 0.1) is 18.9 Å². The van der Waals surface area contributed by atoms with Crippen LogP contribution in [0.25, 0.3) is 0 Å². The molecule has 26 heavy (non-hydrogen) atoms. The highest BCUT2D eigenvalue weighted by atomic mass is 127. The van der Waals surface area contributed by atoms with Gasteiger partial charge in [-0.05, 0) is 31.0 Å². The van der Waals surface area contributed by atoms with Crippen molar-refractivity contribution in [2.45, 2.75) is 19.3 Å². The molecule has 2 aromatic heterocycles. The van der Waals surface area contributed by atoms with Gasteiger partial charge in [-0.25, -0.2) is 4.99 Å². The molecule has 0 aliphatic carbocycles. The van der Waals surface area contributed by atoms with Gasteiger partial charge < -0.3 is 15.0 Å². The van der Waals surface area contributed by atoms with Crippen LogP contribution in [0.4, 0.5) is 0 Å². The van der Waals surface area contributed by atoms with E-state index in [0.717, 1.165) is 37.8 Å². The molecule has 8 heteroatoms. The smallest absolute Gasteiger partial charge is 0.194 e. The monoisotopic (exact) mass is 470 g/mol. The maximum atomic E-state index is 5.66. The van der Waals surface area contributed by atoms with E-state index < -0.39 is 0 Å². The molecule has 0 bridgehead atoms. The van der Waals surface area contributed by atoms with Gasteiger partial charge in [-0.2, -0.15) is 5.10 Å². The predicted molar refractivity (Wildman–Crippen MR) is 113 cm³/mol. The minimum absolute atomic E-state index is 0. The van der Waals surface area contributed by atoms with Crippen LogP contribution in [-0.4, -0.2) is 58.4 Å². The van der Waals surface area contributed by atoms with Crippen LogP contribution in [-0.2, 0) is 7.05 Å². The van der Waals surface area contributed by atoms with Gasteiger partial charge in [0.15, 0.2) is 5.96 Å². The number of nitrogens with one attached hydrogen (secondary N) is 1. The van der Waals surface area contributed by atoms with Crippen molar-refractivity contribution in [2.75, 3.05) is 32.8 Å². The number of hydrogen-bond acceptors (Lipinski definition) is 4. The Morgan fingerprint density at radius 2 is 2.31 bits per heavy atom. The van der Waals surface area contributed by atoms with Crippen molar-refractivity contribution in [1.29, 1.82) is 0 Å². The summed E-state index contributed by atoms with van der Waals surface area (Å²) in [5, 5.41) is 7.68. The predicted octanol–water partition coefficient (Wildman–Crippen LogP) is 2.27. The summed E-state index contributed by atoms with van der Waals surface area (Å²) < 4.78 is 7.53. The van der Waals surface area contributed by atoms with E-state index in [1.54, 1.807) is 12.4 Å². The minimum atomic E-state index is 0. The number of nitrogens with zero attached hydrogens (tertiary/aromatic N) is 5. The highest BCUT2D eigenvalue weighted by molar-refractivity contribution is 14.0. The quantitative estimate of drug-likeness (QED) is 0.304. The van der Waals surface area contributed by atoms with E-state index in [1.165, 1.54) is 5.56 Å². The lowest BCUT2D eigenvalue weighted by Crippen LogP contribution is -2.40. The number of aryl methyl sites for hydroxylation is 1. The molecule has 0 amide bonds. The summed E-state index contributed by atoms with van der Waals surface area (Å²) in [6.45, 7) is 6.09. The highest BCUT2D eigenvalue weighted by Gasteiger charge is 2.26. The van der Waals surface area contributed by atoms with Crippen LogP contribution in [0.1, 0.15) is 24.8 Å². The van der Waals surface area contributed by atoms with Gasteiger partial charge in [-0.15, -0.1) is 24.0 Å². The minimum Gasteiger partial charge on any atom is -0.490 e. The average Bonchev–Trinajstić information content (AvgIpc) is 3.27. The van der Waals surface area contributed by atoms with Crippen molar-refractivity contribution < 1.29 is 4.74 Å². The molecule has 3 rings (SSSR count). The Hall–Kier alpha value is -1.84. The molecule has 1 atom stereocenters. The Labute approximate surface area is 171 Å². The lowest BCUT2D eigenvalue weighted by atomic mass is 10.0. The first-order valence-corrected chi connectivity index (χ1v) is 8.81. The largest absolute Gasteiger partial charge is 0.490 e. The molecule has 1 fully saturated rings. The standard InChI is InChI=1S/C18H26N6O.HI/c1-3-20-18(21-8-10-25-17-5-4-7-19-12-17)24-9-6-15(14-24)16-11-22-23(2)13-16;/h4-5,7,11-13,15H,3,6,8-10,14H2,1-2H3,(H,20,21);1H. The zero-order valence-corrected chi connectivity index (χ0v) is 17.7. The Kier molecular flexibility index (Phi) is 8.14. The van der Waals surface area contributed by atoms with E-state index >= 15 is 0 Å². The summed E-state index contributed by atoms with van der Waals surface area (Å²) in [5.74, 6) is 2.26. The highest BCUT2D eigenvalue weighted by Crippen LogP contribution is 2.26. The van der Waals surface area contributed by atoms with Crippen molar-refractivity contribution in [2.24, 2.45) is 12.0 Å². The molecular weight excluding hydrogens is 443 g/mol. The molecule has 1 unspecified atom stereocenters. The molecule has 0 aromatic carbocycles. The van der Waals surface area contributed by atoms with E-state index in [9.17, 15) is 0 Å². The van der Waals surface area contributed by atoms with E-state index in [1.807, 2.05) is 30.1 Å². The van der Waals surface area contributed by atoms with Gasteiger partial charge in [-0.1, -0.05) is 0 Å². The molecule has 142 valence electrons. The fourth-order valence-corrected chi connectivity index (χ4v) is 3.05. The first-order valence-electron chi connectivity index (χ1n) is 8.81. The number of guanidine groups is 1. The van der Waals surface area contributed by atoms with Crippen molar-refractivity contribution >= 4 is 29.9 Å². The number of aliphatic imine (C=N–C) groups is 1. The topological polar surface area (TPSA) is 67.6 Å². The molecule has 0 saturated carbocycles. The number of pyridine rings is 1. The second-order valence-corrected chi connectivity index (χ2v) is 6.15. The molecule has 1 N–H and O–H groups in total. The number of rotatable bonds is 6. The van der Waals surface area contributed by atoms with E-state index in [-0.39, 0.29) is 24.0 Å². The normalized spacial score (nSPS) is 17.1. The number of likely N-dealkylation sites (tertiary alicyclic amines) is 1. The van der Waals surface area contributed by atoms with Gasteiger partial charge in [-0.3, -0.25) is 9.67 Å². The second-order valence-electron chi connectivity index (χ2n) is 6.15. The maximum Gasteiger partial charge on any atom is 0.194 e. The Balaban J connectivity index is 0.00000243. The average molecular weight is 470 g/mol. The molecule has 0 spiro atoms. The fourth-order valence-electron chi connectivity index (χ4n) is 3.05. The van der Waals surface area contributed by atoms with Crippen molar-refractivity contribution in [1.82, 2.24) is 25.0 Å². The molecule has 0 radical (unpaired) electrons. The molecule has 1 aliphatic rings. The molecular formula is C18H27IN6O. The van der Waals surface area contributed by atoms with E-state index in [0.29, 0.717) is 19.1 Å². The SMILES string of the molecule is CCNC(=NCCOc1cccnc1)N1CCC(c2cnn(C)c2)C1.I. The van der Waals surface area contributed by atoms with Crippen LogP contribution in [0, 0.1) is 0 Å². The third kappa shape index (κ3) is 5.58. The Morgan fingerprint density at radius 3 is 3.00 bits per heavy atom. The van der Waals surface area contributed by atoms with Crippen LogP contribution in [0.2, 0.25) is 0 Å². The maximum absolute atomic E-state index is 5.66. The molecule has 1 saturated heterocycles. The van der Waals surface area contributed by atoms with Gasteiger partial charge in [0.25, 0.3) is 0 Å². The molecule has 7 nitrogen and oxygen atoms in total. The first kappa shape index (κ1) is 20.5. The number of halogens is 1. The van der Waals surface area contributed by atoms with E-state index in [4.69, 9.17) is 9.73 Å². The van der Waals surface area contributed by atoms with Crippen molar-refractivity contribution in [3.05, 3.63) is 42.5 Å². The van der Waals surface area contributed by atoms with Crippen LogP contribution >= 0.6 is 24.0 Å². The lowest BCUT2D eigenvalue weighted by Gasteiger charge is -2.21. The van der Waals surface area contributed by atoms with Crippen molar-refractivity contribution in [3.63, 3.8) is 0 Å². The van der Waals surface area contributed by atoms with Crippen LogP contribution in [0.3, 0.4) is 0 Å². The molecule has 2 aromatic rings. The Morgan fingerprint density at radius 1 is 1.42 bits per heavy atom. The van der Waals surface area contributed by atoms with Crippen molar-refractivity contribution in [3.8, 4) is 5.75 Å². The van der Waals surface area contributed by atoms with Gasteiger partial charge in [0.2, 0.25) is 0 Å². The first-order chi connectivity index (χ1) is 12.3. The Bertz CT molecular complexity index is 690. The molecule has 3 heterocycles. The van der Waals surface area contributed by atoms with Crippen LogP contribution in [0.15, 0.2) is 41.9 Å². The molecule has 1 aliphatic heterocycles.